The molecule has 2 atom stereocenters. The molecule has 1 unspecified atom stereocenters. The molecular weight excluding hydrogens is 703 g/mol. The fourth-order valence-corrected chi connectivity index (χ4v) is 7.31. The molecule has 2 aromatic carbocycles. The summed E-state index contributed by atoms with van der Waals surface area (Å²) in [6.45, 7) is 7.99. The van der Waals surface area contributed by atoms with Crippen LogP contribution in [0.4, 0.5) is 16.4 Å². The minimum absolute atomic E-state index is 0.112. The largest absolute Gasteiger partial charge is 0.461 e. The summed E-state index contributed by atoms with van der Waals surface area (Å²) in [5.74, 6) is 0.825. The molecule has 1 saturated heterocycles. The minimum Gasteiger partial charge on any atom is -0.461 e. The average molecular weight is 754 g/mol. The lowest BCUT2D eigenvalue weighted by Gasteiger charge is -2.42. The number of esters is 1. The summed E-state index contributed by atoms with van der Waals surface area (Å²) in [5, 5.41) is 1.16. The van der Waals surface area contributed by atoms with Crippen molar-refractivity contribution in [2.75, 3.05) is 37.5 Å². The van der Waals surface area contributed by atoms with Gasteiger partial charge in [-0.3, -0.25) is 9.69 Å². The molecule has 0 spiro atoms. The van der Waals surface area contributed by atoms with Crippen LogP contribution >= 0.6 is 23.2 Å². The molecule has 2 heterocycles. The monoisotopic (exact) mass is 752 g/mol. The summed E-state index contributed by atoms with van der Waals surface area (Å²) in [4.78, 5) is 56.8. The van der Waals surface area contributed by atoms with Gasteiger partial charge in [0.25, 0.3) is 0 Å². The quantitative estimate of drug-likeness (QED) is 0.192. The molecule has 1 saturated carbocycles. The van der Waals surface area contributed by atoms with Gasteiger partial charge in [-0.15, -0.1) is 0 Å². The molecule has 13 heteroatoms. The molecule has 2 aliphatic rings. The van der Waals surface area contributed by atoms with E-state index in [0.717, 1.165) is 42.4 Å². The van der Waals surface area contributed by atoms with E-state index >= 15 is 0 Å². The molecule has 11 nitrogen and oxygen atoms in total. The smallest absolute Gasteiger partial charge is 0.411 e. The molecule has 3 aromatic rings. The van der Waals surface area contributed by atoms with Gasteiger partial charge in [0.2, 0.25) is 5.91 Å². The predicted octanol–water partition coefficient (Wildman–Crippen LogP) is 7.76. The number of nitrogens with zero attached hydrogens (tertiary/aromatic N) is 6. The number of hydrogen-bond acceptors (Lipinski definition) is 9. The summed E-state index contributed by atoms with van der Waals surface area (Å²) < 4.78 is 11.5. The Hall–Kier alpha value is -4.09. The van der Waals surface area contributed by atoms with Crippen molar-refractivity contribution >= 4 is 52.8 Å². The molecule has 0 N–H and O–H groups in total. The molecule has 1 aliphatic carbocycles. The third kappa shape index (κ3) is 9.66. The van der Waals surface area contributed by atoms with Crippen molar-refractivity contribution in [1.29, 1.82) is 0 Å². The fourth-order valence-electron chi connectivity index (χ4n) is 6.80. The van der Waals surface area contributed by atoms with Crippen LogP contribution in [0.3, 0.4) is 0 Å². The summed E-state index contributed by atoms with van der Waals surface area (Å²) >= 11 is 13.0. The maximum atomic E-state index is 13.5. The normalized spacial score (nSPS) is 17.8. The molecule has 280 valence electrons. The van der Waals surface area contributed by atoms with Gasteiger partial charge in [0, 0.05) is 74.9 Å². The zero-order chi connectivity index (χ0) is 37.7. The van der Waals surface area contributed by atoms with Crippen LogP contribution in [0.2, 0.25) is 10.0 Å². The number of hydrogen-bond donors (Lipinski definition) is 0. The second-order valence-corrected chi connectivity index (χ2v) is 15.7. The number of benzene rings is 2. The fraction of sp³-hybridized carbons (Fsp3) is 0.513. The number of rotatable bonds is 10. The Bertz CT molecular complexity index is 1720. The Balaban J connectivity index is 1.33. The first-order valence-corrected chi connectivity index (χ1v) is 18.6. The Morgan fingerprint density at radius 2 is 1.58 bits per heavy atom. The van der Waals surface area contributed by atoms with Crippen LogP contribution in [0.1, 0.15) is 77.3 Å². The van der Waals surface area contributed by atoms with Gasteiger partial charge in [-0.25, -0.2) is 19.6 Å². The van der Waals surface area contributed by atoms with E-state index in [0.29, 0.717) is 46.9 Å². The van der Waals surface area contributed by atoms with Crippen molar-refractivity contribution in [3.63, 3.8) is 0 Å². The van der Waals surface area contributed by atoms with Crippen LogP contribution in [0.15, 0.2) is 48.7 Å². The van der Waals surface area contributed by atoms with Crippen LogP contribution in [0.25, 0.3) is 11.3 Å². The van der Waals surface area contributed by atoms with E-state index in [2.05, 4.69) is 0 Å². The molecule has 0 radical (unpaired) electrons. The number of carbonyl (C=O) groups is 3. The number of piperidine rings is 1. The lowest BCUT2D eigenvalue weighted by atomic mass is 9.95. The summed E-state index contributed by atoms with van der Waals surface area (Å²) in [5.41, 5.74) is 2.56. The van der Waals surface area contributed by atoms with Gasteiger partial charge >= 0.3 is 12.1 Å². The number of carbonyl (C=O) groups excluding carboxylic acids is 3. The van der Waals surface area contributed by atoms with Gasteiger partial charge < -0.3 is 24.2 Å². The Morgan fingerprint density at radius 1 is 0.923 bits per heavy atom. The number of anilines is 2. The molecule has 52 heavy (non-hydrogen) atoms. The number of amides is 2. The molecule has 1 aromatic heterocycles. The van der Waals surface area contributed by atoms with Gasteiger partial charge in [0.05, 0.1) is 11.9 Å². The lowest BCUT2D eigenvalue weighted by Crippen LogP contribution is -2.56. The van der Waals surface area contributed by atoms with Gasteiger partial charge in [-0.1, -0.05) is 53.5 Å². The van der Waals surface area contributed by atoms with Crippen LogP contribution in [-0.2, 0) is 32.2 Å². The minimum atomic E-state index is -0.844. The van der Waals surface area contributed by atoms with Crippen molar-refractivity contribution < 1.29 is 23.9 Å². The maximum absolute atomic E-state index is 13.5. The summed E-state index contributed by atoms with van der Waals surface area (Å²) in [7, 11) is 5.76. The highest BCUT2D eigenvalue weighted by Gasteiger charge is 2.42. The van der Waals surface area contributed by atoms with Crippen molar-refractivity contribution in [3.05, 3.63) is 69.8 Å². The van der Waals surface area contributed by atoms with E-state index in [-0.39, 0.29) is 31.0 Å². The highest BCUT2D eigenvalue weighted by molar-refractivity contribution is 6.36. The summed E-state index contributed by atoms with van der Waals surface area (Å²) in [6, 6.07) is 12.2. The first-order chi connectivity index (χ1) is 24.6. The van der Waals surface area contributed by atoms with Crippen molar-refractivity contribution in [3.8, 4) is 11.3 Å². The molecule has 5 rings (SSSR count). The average Bonchev–Trinajstić information content (AvgIpc) is 3.60. The van der Waals surface area contributed by atoms with Crippen molar-refractivity contribution in [1.82, 2.24) is 19.8 Å². The van der Waals surface area contributed by atoms with Gasteiger partial charge in [0.15, 0.2) is 11.6 Å². The zero-order valence-electron chi connectivity index (χ0n) is 31.2. The number of likely N-dealkylation sites (tertiary alicyclic amines) is 1. The highest BCUT2D eigenvalue weighted by Crippen LogP contribution is 2.33. The van der Waals surface area contributed by atoms with Crippen LogP contribution in [0.5, 0.6) is 0 Å². The van der Waals surface area contributed by atoms with Crippen LogP contribution in [0, 0.1) is 0 Å². The summed E-state index contributed by atoms with van der Waals surface area (Å²) in [6.07, 6.45) is 5.51. The van der Waals surface area contributed by atoms with E-state index in [4.69, 9.17) is 42.6 Å². The van der Waals surface area contributed by atoms with Crippen molar-refractivity contribution in [2.24, 2.45) is 0 Å². The Labute approximate surface area is 317 Å². The Morgan fingerprint density at radius 3 is 2.17 bits per heavy atom. The number of halogens is 2. The molecular formula is C39H50Cl2N6O5. The van der Waals surface area contributed by atoms with Crippen LogP contribution < -0.4 is 9.80 Å². The van der Waals surface area contributed by atoms with Gasteiger partial charge in [0.1, 0.15) is 17.7 Å². The molecule has 2 amide bonds. The highest BCUT2D eigenvalue weighted by atomic mass is 35.5. The predicted molar refractivity (Wildman–Crippen MR) is 205 cm³/mol. The van der Waals surface area contributed by atoms with Gasteiger partial charge in [-0.05, 0) is 77.0 Å². The third-order valence-corrected chi connectivity index (χ3v) is 10.2. The van der Waals surface area contributed by atoms with Gasteiger partial charge in [-0.2, -0.15) is 0 Å². The number of ether oxygens (including phenoxy) is 2. The molecule has 2 fully saturated rings. The molecule has 0 bridgehead atoms. The van der Waals surface area contributed by atoms with Crippen molar-refractivity contribution in [2.45, 2.75) is 103 Å². The first kappa shape index (κ1) is 39.1. The van der Waals surface area contributed by atoms with E-state index < -0.39 is 23.7 Å². The zero-order valence-corrected chi connectivity index (χ0v) is 32.7. The van der Waals surface area contributed by atoms with E-state index in [9.17, 15) is 14.4 Å². The standard InChI is InChI=1S/C39H50Cl2N6O5/c1-25(48)47(28-19-20-46(38(50)52-39(2,3)4)34(21-28)37(49)51-29-11-8-9-12-29)23-26-15-17-27(18-16-26)33-22-42-35(44(5)6)36(43-33)45(7)24-30-31(40)13-10-14-32(30)41/h10,13-18,22,28-29,34H,8-9,11-12,19-21,23-24H2,1-7H3/t28?,34-/m1/s1. The van der Waals surface area contributed by atoms with E-state index in [1.54, 1.807) is 31.9 Å². The number of aromatic nitrogens is 2. The SMILES string of the molecule is CC(=O)N(Cc1ccc(-c2cnc(N(C)C)c(N(C)Cc3c(Cl)cccc3Cl)n2)cc1)C1CCN(C(=O)OC(C)(C)C)[C@@H](C(=O)OC2CCCC2)C1. The van der Waals surface area contributed by atoms with Crippen LogP contribution in [-0.4, -0.2) is 89.2 Å². The first-order valence-electron chi connectivity index (χ1n) is 17.9. The topological polar surface area (TPSA) is 108 Å². The second kappa shape index (κ2) is 16.7. The van der Waals surface area contributed by atoms with E-state index in [1.165, 1.54) is 11.8 Å². The van der Waals surface area contributed by atoms with E-state index in [1.807, 2.05) is 73.4 Å². The maximum Gasteiger partial charge on any atom is 0.411 e. The molecule has 1 aliphatic heterocycles. The second-order valence-electron chi connectivity index (χ2n) is 14.9. The third-order valence-electron chi connectivity index (χ3n) is 9.49. The lowest BCUT2D eigenvalue weighted by molar-refractivity contribution is -0.158. The Kier molecular flexibility index (Phi) is 12.6.